The largest absolute Gasteiger partial charge is 0.478 e. The van der Waals surface area contributed by atoms with Gasteiger partial charge in [0.2, 0.25) is 5.91 Å². The van der Waals surface area contributed by atoms with Crippen LogP contribution in [0.3, 0.4) is 0 Å². The smallest absolute Gasteiger partial charge is 0.335 e. The van der Waals surface area contributed by atoms with E-state index < -0.39 is 12.1 Å². The van der Waals surface area contributed by atoms with E-state index in [4.69, 9.17) is 5.11 Å². The number of rotatable bonds is 11. The summed E-state index contributed by atoms with van der Waals surface area (Å²) in [5.41, 5.74) is 2.53. The van der Waals surface area contributed by atoms with Crippen molar-refractivity contribution in [3.63, 3.8) is 0 Å². The molecule has 1 heterocycles. The molecule has 1 amide bonds. The Morgan fingerprint density at radius 3 is 2.62 bits per heavy atom. The summed E-state index contributed by atoms with van der Waals surface area (Å²) >= 11 is 0. The Kier molecular flexibility index (Phi) is 8.63. The van der Waals surface area contributed by atoms with Crippen LogP contribution in [0.15, 0.2) is 66.7 Å². The van der Waals surface area contributed by atoms with Crippen molar-refractivity contribution in [2.24, 2.45) is 5.92 Å². The van der Waals surface area contributed by atoms with E-state index in [1.54, 1.807) is 18.2 Å². The summed E-state index contributed by atoms with van der Waals surface area (Å²) in [6.07, 6.45) is 7.94. The third kappa shape index (κ3) is 6.79. The van der Waals surface area contributed by atoms with Gasteiger partial charge in [-0.2, -0.15) is 0 Å². The number of benzene rings is 2. The van der Waals surface area contributed by atoms with Crippen molar-refractivity contribution in [3.05, 3.63) is 83.4 Å². The van der Waals surface area contributed by atoms with Gasteiger partial charge in [-0.25, -0.2) is 4.79 Å². The van der Waals surface area contributed by atoms with Crippen molar-refractivity contribution in [2.45, 2.75) is 57.6 Å². The van der Waals surface area contributed by atoms with Crippen molar-refractivity contribution in [1.29, 1.82) is 0 Å². The number of likely N-dealkylation sites (tertiary alicyclic amines) is 1. The second-order valence-corrected chi connectivity index (χ2v) is 8.68. The van der Waals surface area contributed by atoms with E-state index in [1.807, 2.05) is 41.3 Å². The first-order valence-corrected chi connectivity index (χ1v) is 11.5. The number of hydrogen-bond acceptors (Lipinski definition) is 3. The molecule has 0 radical (unpaired) electrons. The monoisotopic (exact) mass is 435 g/mol. The van der Waals surface area contributed by atoms with Crippen LogP contribution in [0.2, 0.25) is 0 Å². The number of carbonyl (C=O) groups is 2. The summed E-state index contributed by atoms with van der Waals surface area (Å²) in [5.74, 6) is -0.646. The fraction of sp³-hybridized carbons (Fsp3) is 0.407. The zero-order chi connectivity index (χ0) is 22.9. The minimum Gasteiger partial charge on any atom is -0.478 e. The number of aromatic carboxylic acids is 1. The number of carbonyl (C=O) groups excluding carboxylic acids is 1. The molecule has 0 spiro atoms. The Morgan fingerprint density at radius 1 is 1.12 bits per heavy atom. The molecule has 3 rings (SSSR count). The molecule has 5 nitrogen and oxygen atoms in total. The molecule has 2 aromatic rings. The van der Waals surface area contributed by atoms with Crippen LogP contribution in [0.25, 0.3) is 0 Å². The van der Waals surface area contributed by atoms with Crippen molar-refractivity contribution in [3.8, 4) is 0 Å². The lowest BCUT2D eigenvalue weighted by atomic mass is 9.95. The lowest BCUT2D eigenvalue weighted by molar-refractivity contribution is -0.128. The average molecular weight is 436 g/mol. The van der Waals surface area contributed by atoms with Gasteiger partial charge < -0.3 is 15.1 Å². The van der Waals surface area contributed by atoms with Crippen LogP contribution >= 0.6 is 0 Å². The zero-order valence-electron chi connectivity index (χ0n) is 18.7. The molecule has 0 aromatic heterocycles. The van der Waals surface area contributed by atoms with Crippen LogP contribution in [0.5, 0.6) is 0 Å². The van der Waals surface area contributed by atoms with Crippen molar-refractivity contribution in [2.75, 3.05) is 6.54 Å². The van der Waals surface area contributed by atoms with Gasteiger partial charge in [-0.05, 0) is 61.3 Å². The van der Waals surface area contributed by atoms with Crippen molar-refractivity contribution >= 4 is 11.9 Å². The molecular formula is C27H33NO4. The molecule has 5 heteroatoms. The number of aliphatic hydroxyl groups excluding tert-OH is 1. The fourth-order valence-corrected chi connectivity index (χ4v) is 4.20. The van der Waals surface area contributed by atoms with Gasteiger partial charge >= 0.3 is 5.97 Å². The number of carboxylic acids is 1. The summed E-state index contributed by atoms with van der Waals surface area (Å²) in [6, 6.07) is 17.3. The second kappa shape index (κ2) is 11.6. The van der Waals surface area contributed by atoms with Gasteiger partial charge in [-0.3, -0.25) is 4.79 Å². The molecule has 1 aliphatic rings. The van der Waals surface area contributed by atoms with Gasteiger partial charge in [-0.15, -0.1) is 0 Å². The average Bonchev–Trinajstić information content (AvgIpc) is 3.16. The number of aryl methyl sites for hydroxylation is 2. The van der Waals surface area contributed by atoms with Crippen LogP contribution in [0.1, 0.15) is 54.1 Å². The van der Waals surface area contributed by atoms with E-state index in [9.17, 15) is 14.7 Å². The van der Waals surface area contributed by atoms with Crippen molar-refractivity contribution < 1.29 is 19.8 Å². The Morgan fingerprint density at radius 2 is 1.88 bits per heavy atom. The Bertz CT molecular complexity index is 924. The predicted octanol–water partition coefficient (Wildman–Crippen LogP) is 4.49. The molecule has 32 heavy (non-hydrogen) atoms. The highest BCUT2D eigenvalue weighted by atomic mass is 16.4. The van der Waals surface area contributed by atoms with Crippen LogP contribution in [0.4, 0.5) is 0 Å². The van der Waals surface area contributed by atoms with Gasteiger partial charge in [0.05, 0.1) is 17.7 Å². The maximum atomic E-state index is 12.4. The Labute approximate surface area is 190 Å². The predicted molar refractivity (Wildman–Crippen MR) is 126 cm³/mol. The van der Waals surface area contributed by atoms with E-state index in [-0.39, 0.29) is 23.4 Å². The van der Waals surface area contributed by atoms with Crippen LogP contribution in [-0.4, -0.2) is 45.7 Å². The molecule has 3 atom stereocenters. The minimum atomic E-state index is -0.927. The third-order valence-electron chi connectivity index (χ3n) is 6.26. The molecule has 1 fully saturated rings. The summed E-state index contributed by atoms with van der Waals surface area (Å²) in [5, 5.41) is 19.7. The highest BCUT2D eigenvalue weighted by Gasteiger charge is 2.28. The van der Waals surface area contributed by atoms with E-state index in [1.165, 1.54) is 5.56 Å². The standard InChI is InChI=1S/C27H33NO4/c1-20(12-13-21-7-3-2-4-8-21)25(29)16-14-24-15-17-26(30)28(24)18-6-10-22-9-5-11-23(19-22)27(31)32/h2-5,7-9,11,14,16,19-20,24-25,29H,6,10,12-13,15,17-18H2,1H3,(H,31,32)/t20-,24-,25-/m0/s1. The summed E-state index contributed by atoms with van der Waals surface area (Å²) < 4.78 is 0. The quantitative estimate of drug-likeness (QED) is 0.510. The molecule has 0 saturated carbocycles. The molecule has 1 saturated heterocycles. The van der Waals surface area contributed by atoms with E-state index >= 15 is 0 Å². The normalized spacial score (nSPS) is 18.2. The Balaban J connectivity index is 1.48. The first-order chi connectivity index (χ1) is 15.4. The molecule has 0 aliphatic carbocycles. The number of aliphatic hydroxyl groups is 1. The summed E-state index contributed by atoms with van der Waals surface area (Å²) in [4.78, 5) is 25.4. The molecule has 2 N–H and O–H groups in total. The number of hydrogen-bond donors (Lipinski definition) is 2. The third-order valence-corrected chi connectivity index (χ3v) is 6.26. The van der Waals surface area contributed by atoms with Crippen LogP contribution in [0, 0.1) is 5.92 Å². The number of nitrogens with zero attached hydrogens (tertiary/aromatic N) is 1. The van der Waals surface area contributed by atoms with E-state index in [0.29, 0.717) is 13.0 Å². The van der Waals surface area contributed by atoms with Gasteiger partial charge in [0.1, 0.15) is 0 Å². The first-order valence-electron chi connectivity index (χ1n) is 11.5. The Hall–Kier alpha value is -2.92. The lowest BCUT2D eigenvalue weighted by Gasteiger charge is -2.23. The highest BCUT2D eigenvalue weighted by molar-refractivity contribution is 5.87. The molecule has 1 aliphatic heterocycles. The molecule has 0 bridgehead atoms. The van der Waals surface area contributed by atoms with Gasteiger partial charge in [0.25, 0.3) is 0 Å². The minimum absolute atomic E-state index is 0.0174. The SMILES string of the molecule is C[C@@H](CCc1ccccc1)[C@@H](O)C=C[C@H]1CCC(=O)N1CCCc1cccc(C(=O)O)c1. The number of amides is 1. The zero-order valence-corrected chi connectivity index (χ0v) is 18.7. The van der Waals surface area contributed by atoms with E-state index in [2.05, 4.69) is 19.1 Å². The second-order valence-electron chi connectivity index (χ2n) is 8.68. The first kappa shape index (κ1) is 23.7. The fourth-order valence-electron chi connectivity index (χ4n) is 4.20. The molecule has 170 valence electrons. The maximum absolute atomic E-state index is 12.4. The summed E-state index contributed by atoms with van der Waals surface area (Å²) in [7, 11) is 0. The van der Waals surface area contributed by atoms with Crippen LogP contribution < -0.4 is 0 Å². The van der Waals surface area contributed by atoms with Crippen LogP contribution in [-0.2, 0) is 17.6 Å². The van der Waals surface area contributed by atoms with Gasteiger partial charge in [0, 0.05) is 13.0 Å². The highest BCUT2D eigenvalue weighted by Crippen LogP contribution is 2.22. The maximum Gasteiger partial charge on any atom is 0.335 e. The lowest BCUT2D eigenvalue weighted by Crippen LogP contribution is -2.33. The number of carboxylic acid groups (broad SMARTS) is 1. The molecule has 0 unspecified atom stereocenters. The van der Waals surface area contributed by atoms with E-state index in [0.717, 1.165) is 37.7 Å². The summed E-state index contributed by atoms with van der Waals surface area (Å²) in [6.45, 7) is 2.69. The van der Waals surface area contributed by atoms with Gasteiger partial charge in [-0.1, -0.05) is 61.5 Å². The molecule has 2 aromatic carbocycles. The van der Waals surface area contributed by atoms with Gasteiger partial charge in [0.15, 0.2) is 0 Å². The van der Waals surface area contributed by atoms with Crippen molar-refractivity contribution in [1.82, 2.24) is 4.90 Å². The molecular weight excluding hydrogens is 402 g/mol. The topological polar surface area (TPSA) is 77.8 Å².